The predicted molar refractivity (Wildman–Crippen MR) is 84.4 cm³/mol. The summed E-state index contributed by atoms with van der Waals surface area (Å²) in [5.74, 6) is 0. The first-order valence-corrected chi connectivity index (χ1v) is 7.38. The van der Waals surface area contributed by atoms with Gasteiger partial charge >= 0.3 is 0 Å². The van der Waals surface area contributed by atoms with Gasteiger partial charge in [0.1, 0.15) is 0 Å². The molecule has 4 heteroatoms. The van der Waals surface area contributed by atoms with Crippen molar-refractivity contribution in [3.63, 3.8) is 0 Å². The van der Waals surface area contributed by atoms with Crippen LogP contribution < -0.4 is 0 Å². The van der Waals surface area contributed by atoms with E-state index in [1.54, 1.807) is 0 Å². The number of benzene rings is 2. The molecule has 0 saturated carbocycles. The number of hydrogen-bond acceptors (Lipinski definition) is 1. The van der Waals surface area contributed by atoms with E-state index in [4.69, 9.17) is 0 Å². The second-order valence-electron chi connectivity index (χ2n) is 4.13. The van der Waals surface area contributed by atoms with Crippen LogP contribution in [0.2, 0.25) is 0 Å². The fraction of sp³-hybridized carbons (Fsp3) is 0. The third kappa shape index (κ3) is 2.80. The van der Waals surface area contributed by atoms with Crippen molar-refractivity contribution < 1.29 is 0 Å². The van der Waals surface area contributed by atoms with E-state index in [0.29, 0.717) is 0 Å². The van der Waals surface area contributed by atoms with E-state index in [9.17, 15) is 0 Å². The van der Waals surface area contributed by atoms with Gasteiger partial charge in [0.25, 0.3) is 0 Å². The van der Waals surface area contributed by atoms with Gasteiger partial charge in [-0.3, -0.25) is 0 Å². The predicted octanol–water partition coefficient (Wildman–Crippen LogP) is 5.06. The summed E-state index contributed by atoms with van der Waals surface area (Å²) in [4.78, 5) is 0. The van der Waals surface area contributed by atoms with Crippen molar-refractivity contribution in [2.45, 2.75) is 0 Å². The summed E-state index contributed by atoms with van der Waals surface area (Å²) in [6.07, 6.45) is 1.97. The topological polar surface area (TPSA) is 17.8 Å². The van der Waals surface area contributed by atoms with Crippen LogP contribution in [0.1, 0.15) is 0 Å². The fourth-order valence-corrected chi connectivity index (χ4v) is 2.36. The van der Waals surface area contributed by atoms with E-state index < -0.39 is 0 Å². The van der Waals surface area contributed by atoms with Crippen LogP contribution in [0.5, 0.6) is 0 Å². The Hall–Kier alpha value is -1.39. The summed E-state index contributed by atoms with van der Waals surface area (Å²) in [6, 6.07) is 18.3. The van der Waals surface area contributed by atoms with Gasteiger partial charge in [-0.2, -0.15) is 5.10 Å². The van der Waals surface area contributed by atoms with Crippen LogP contribution in [0.4, 0.5) is 0 Å². The molecule has 0 bridgehead atoms. The molecule has 0 aliphatic carbocycles. The molecule has 0 aliphatic rings. The molecule has 94 valence electrons. The quantitative estimate of drug-likeness (QED) is 0.610. The lowest BCUT2D eigenvalue weighted by Gasteiger charge is -2.01. The van der Waals surface area contributed by atoms with Crippen LogP contribution in [-0.4, -0.2) is 9.78 Å². The first kappa shape index (κ1) is 12.6. The lowest BCUT2D eigenvalue weighted by Crippen LogP contribution is -1.94. The minimum atomic E-state index is 0.968. The number of rotatable bonds is 2. The summed E-state index contributed by atoms with van der Waals surface area (Å²) < 4.78 is 4.02. The molecule has 2 nitrogen and oxygen atoms in total. The number of aromatic nitrogens is 2. The van der Waals surface area contributed by atoms with Gasteiger partial charge in [0.05, 0.1) is 11.4 Å². The molecule has 19 heavy (non-hydrogen) atoms. The summed E-state index contributed by atoms with van der Waals surface area (Å²) in [6.45, 7) is 0. The highest BCUT2D eigenvalue weighted by atomic mass is 79.9. The standard InChI is InChI=1S/C15H10Br2N2/c16-12-3-1-11(2-4-12)15-9-10-19(18-15)14-7-5-13(17)6-8-14/h1-10H. The van der Waals surface area contributed by atoms with Gasteiger partial charge in [-0.1, -0.05) is 44.0 Å². The van der Waals surface area contributed by atoms with Crippen molar-refractivity contribution in [1.82, 2.24) is 9.78 Å². The molecule has 0 aliphatic heterocycles. The molecular formula is C15H10Br2N2. The Morgan fingerprint density at radius 3 is 1.95 bits per heavy atom. The molecule has 2 aromatic carbocycles. The molecule has 0 fully saturated rings. The Bertz CT molecular complexity index is 625. The molecule has 1 heterocycles. The minimum absolute atomic E-state index is 0.968. The summed E-state index contributed by atoms with van der Waals surface area (Å²) in [7, 11) is 0. The second kappa shape index (κ2) is 5.31. The van der Waals surface area contributed by atoms with Crippen molar-refractivity contribution in [2.75, 3.05) is 0 Å². The maximum atomic E-state index is 4.60. The van der Waals surface area contributed by atoms with Gasteiger partial charge in [-0.25, -0.2) is 4.68 Å². The van der Waals surface area contributed by atoms with Crippen LogP contribution in [0.15, 0.2) is 69.7 Å². The van der Waals surface area contributed by atoms with Crippen LogP contribution >= 0.6 is 31.9 Å². The second-order valence-corrected chi connectivity index (χ2v) is 5.96. The first-order valence-electron chi connectivity index (χ1n) is 5.80. The summed E-state index contributed by atoms with van der Waals surface area (Å²) in [5, 5.41) is 4.60. The molecular weight excluding hydrogens is 368 g/mol. The molecule has 3 rings (SSSR count). The molecule has 0 atom stereocenters. The van der Waals surface area contributed by atoms with Crippen molar-refractivity contribution in [3.05, 3.63) is 69.7 Å². The van der Waals surface area contributed by atoms with Gasteiger partial charge in [-0.15, -0.1) is 0 Å². The highest BCUT2D eigenvalue weighted by Crippen LogP contribution is 2.21. The van der Waals surface area contributed by atoms with Gasteiger partial charge in [0.2, 0.25) is 0 Å². The van der Waals surface area contributed by atoms with E-state index in [-0.39, 0.29) is 0 Å². The van der Waals surface area contributed by atoms with Crippen molar-refractivity contribution >= 4 is 31.9 Å². The zero-order valence-corrected chi connectivity index (χ0v) is 13.1. The maximum absolute atomic E-state index is 4.60. The van der Waals surface area contributed by atoms with E-state index in [1.165, 1.54) is 0 Å². The molecule has 3 aromatic rings. The molecule has 0 saturated heterocycles. The van der Waals surface area contributed by atoms with E-state index >= 15 is 0 Å². The van der Waals surface area contributed by atoms with Crippen molar-refractivity contribution in [2.24, 2.45) is 0 Å². The van der Waals surface area contributed by atoms with Gasteiger partial charge < -0.3 is 0 Å². The van der Waals surface area contributed by atoms with E-state index in [0.717, 1.165) is 25.9 Å². The van der Waals surface area contributed by atoms with Crippen molar-refractivity contribution in [3.8, 4) is 16.9 Å². The number of nitrogens with zero attached hydrogens (tertiary/aromatic N) is 2. The Morgan fingerprint density at radius 1 is 0.737 bits per heavy atom. The monoisotopic (exact) mass is 376 g/mol. The minimum Gasteiger partial charge on any atom is -0.240 e. The lowest BCUT2D eigenvalue weighted by atomic mass is 10.2. The SMILES string of the molecule is Brc1ccc(-c2ccn(-c3ccc(Br)cc3)n2)cc1. The highest BCUT2D eigenvalue weighted by Gasteiger charge is 2.03. The highest BCUT2D eigenvalue weighted by molar-refractivity contribution is 9.10. The van der Waals surface area contributed by atoms with Gasteiger partial charge in [-0.05, 0) is 42.5 Å². The molecule has 0 radical (unpaired) electrons. The average Bonchev–Trinajstić information content (AvgIpc) is 2.90. The fourth-order valence-electron chi connectivity index (χ4n) is 1.84. The Morgan fingerprint density at radius 2 is 1.32 bits per heavy atom. The summed E-state index contributed by atoms with van der Waals surface area (Å²) in [5.41, 5.74) is 3.13. The molecule has 1 aromatic heterocycles. The van der Waals surface area contributed by atoms with Crippen LogP contribution in [0, 0.1) is 0 Å². The number of halogens is 2. The Balaban J connectivity index is 1.95. The van der Waals surface area contributed by atoms with Crippen LogP contribution in [0.25, 0.3) is 16.9 Å². The molecule has 0 unspecified atom stereocenters. The largest absolute Gasteiger partial charge is 0.240 e. The first-order chi connectivity index (χ1) is 9.22. The molecule has 0 spiro atoms. The third-order valence-electron chi connectivity index (χ3n) is 2.82. The van der Waals surface area contributed by atoms with Crippen LogP contribution in [0.3, 0.4) is 0 Å². The zero-order chi connectivity index (χ0) is 13.2. The van der Waals surface area contributed by atoms with E-state index in [2.05, 4.69) is 49.1 Å². The molecule has 0 N–H and O–H groups in total. The normalized spacial score (nSPS) is 10.6. The van der Waals surface area contributed by atoms with Gasteiger partial charge in [0.15, 0.2) is 0 Å². The number of hydrogen-bond donors (Lipinski definition) is 0. The van der Waals surface area contributed by atoms with Gasteiger partial charge in [0, 0.05) is 20.7 Å². The van der Waals surface area contributed by atoms with Crippen molar-refractivity contribution in [1.29, 1.82) is 0 Å². The summed E-state index contributed by atoms with van der Waals surface area (Å²) >= 11 is 6.87. The molecule has 0 amide bonds. The Labute approximate surface area is 128 Å². The lowest BCUT2D eigenvalue weighted by molar-refractivity contribution is 0.884. The third-order valence-corrected chi connectivity index (χ3v) is 3.88. The Kier molecular flexibility index (Phi) is 3.53. The van der Waals surface area contributed by atoms with E-state index in [1.807, 2.05) is 53.3 Å². The average molecular weight is 378 g/mol. The zero-order valence-electron chi connectivity index (χ0n) is 9.92. The van der Waals surface area contributed by atoms with Crippen LogP contribution in [-0.2, 0) is 0 Å². The maximum Gasteiger partial charge on any atom is 0.0927 e. The smallest absolute Gasteiger partial charge is 0.0927 e.